The summed E-state index contributed by atoms with van der Waals surface area (Å²) in [6, 6.07) is 7.14. The summed E-state index contributed by atoms with van der Waals surface area (Å²) in [4.78, 5) is 1.97. The van der Waals surface area contributed by atoms with E-state index in [-0.39, 0.29) is 6.61 Å². The van der Waals surface area contributed by atoms with Gasteiger partial charge in [0, 0.05) is 19.6 Å². The van der Waals surface area contributed by atoms with Gasteiger partial charge in [-0.05, 0) is 12.1 Å². The molecule has 1 aromatic rings. The van der Waals surface area contributed by atoms with E-state index in [1.54, 1.807) is 18.2 Å². The van der Waals surface area contributed by atoms with Crippen LogP contribution in [-0.4, -0.2) is 55.1 Å². The van der Waals surface area contributed by atoms with Gasteiger partial charge in [-0.25, -0.2) is 0 Å². The Kier molecular flexibility index (Phi) is 6.09. The zero-order valence-electron chi connectivity index (χ0n) is 11.3. The number of rotatable bonds is 5. The van der Waals surface area contributed by atoms with Crippen LogP contribution in [0.15, 0.2) is 18.2 Å². The number of benzene rings is 1. The van der Waals surface area contributed by atoms with Gasteiger partial charge >= 0.3 is 0 Å². The molecule has 114 valence electrons. The maximum Gasteiger partial charge on any atom is 0.156 e. The predicted octanol–water partition coefficient (Wildman–Crippen LogP) is 1.96. The molecule has 1 heterocycles. The molecule has 21 heavy (non-hydrogen) atoms. The lowest BCUT2D eigenvalue weighted by Crippen LogP contribution is -2.46. The number of ether oxygens (including phenoxy) is 2. The van der Waals surface area contributed by atoms with Gasteiger partial charge in [0.1, 0.15) is 12.7 Å². The number of β-amino-alcohol motifs (C(OH)–C–C–N with tert-alkyl or cyclic N) is 1. The van der Waals surface area contributed by atoms with Crippen LogP contribution in [0.5, 0.6) is 5.75 Å². The van der Waals surface area contributed by atoms with Crippen LogP contribution in [0.3, 0.4) is 0 Å². The minimum Gasteiger partial charge on any atom is -0.488 e. The summed E-state index contributed by atoms with van der Waals surface area (Å²) in [7, 11) is 0. The largest absolute Gasteiger partial charge is 0.488 e. The lowest BCUT2D eigenvalue weighted by molar-refractivity contribution is -0.0215. The lowest BCUT2D eigenvalue weighted by Gasteiger charge is -2.31. The molecular formula is C14H16Cl2N2O3. The molecule has 1 aliphatic heterocycles. The van der Waals surface area contributed by atoms with Crippen molar-refractivity contribution in [3.05, 3.63) is 28.2 Å². The van der Waals surface area contributed by atoms with E-state index in [2.05, 4.69) is 6.07 Å². The summed E-state index contributed by atoms with van der Waals surface area (Å²) in [6.45, 7) is 2.15. The third kappa shape index (κ3) is 4.73. The second kappa shape index (κ2) is 7.83. The number of hydrogen-bond donors (Lipinski definition) is 1. The molecule has 2 atom stereocenters. The zero-order valence-corrected chi connectivity index (χ0v) is 12.8. The number of aliphatic hydroxyl groups is 1. The average Bonchev–Trinajstić information content (AvgIpc) is 2.47. The van der Waals surface area contributed by atoms with Crippen molar-refractivity contribution in [3.63, 3.8) is 0 Å². The fourth-order valence-corrected chi connectivity index (χ4v) is 2.60. The molecule has 0 aliphatic carbocycles. The number of morpholine rings is 1. The fraction of sp³-hybridized carbons (Fsp3) is 0.500. The molecule has 1 N–H and O–H groups in total. The van der Waals surface area contributed by atoms with E-state index in [0.717, 1.165) is 0 Å². The Labute approximate surface area is 133 Å². The summed E-state index contributed by atoms with van der Waals surface area (Å²) in [6.07, 6.45) is -1.14. The SMILES string of the molecule is N#CC1CN(CC(O)COc2c(Cl)cccc2Cl)CCO1. The molecule has 2 rings (SSSR count). The average molecular weight is 331 g/mol. The maximum absolute atomic E-state index is 10.0. The zero-order chi connectivity index (χ0) is 15.2. The maximum atomic E-state index is 10.0. The first-order valence-corrected chi connectivity index (χ1v) is 7.34. The van der Waals surface area contributed by atoms with Crippen LogP contribution < -0.4 is 4.74 Å². The Balaban J connectivity index is 1.82. The van der Waals surface area contributed by atoms with Gasteiger partial charge < -0.3 is 14.6 Å². The van der Waals surface area contributed by atoms with Crippen LogP contribution in [0.1, 0.15) is 0 Å². The Hall–Kier alpha value is -1.03. The van der Waals surface area contributed by atoms with E-state index in [4.69, 9.17) is 37.9 Å². The molecule has 0 amide bonds. The molecule has 0 aromatic heterocycles. The highest BCUT2D eigenvalue weighted by Crippen LogP contribution is 2.32. The highest BCUT2D eigenvalue weighted by Gasteiger charge is 2.22. The molecule has 5 nitrogen and oxygen atoms in total. The van der Waals surface area contributed by atoms with E-state index in [1.165, 1.54) is 0 Å². The number of hydrogen-bond acceptors (Lipinski definition) is 5. The van der Waals surface area contributed by atoms with E-state index < -0.39 is 12.2 Å². The van der Waals surface area contributed by atoms with Crippen molar-refractivity contribution in [1.82, 2.24) is 4.90 Å². The summed E-state index contributed by atoms with van der Waals surface area (Å²) >= 11 is 12.0. The second-order valence-electron chi connectivity index (χ2n) is 4.76. The van der Waals surface area contributed by atoms with Gasteiger partial charge in [-0.3, -0.25) is 4.90 Å². The number of para-hydroxylation sites is 1. The Morgan fingerprint density at radius 2 is 2.19 bits per heavy atom. The highest BCUT2D eigenvalue weighted by molar-refractivity contribution is 6.37. The van der Waals surface area contributed by atoms with Gasteiger partial charge in [-0.2, -0.15) is 5.26 Å². The monoisotopic (exact) mass is 330 g/mol. The van der Waals surface area contributed by atoms with E-state index >= 15 is 0 Å². The van der Waals surface area contributed by atoms with Crippen LogP contribution in [-0.2, 0) is 4.74 Å². The number of aliphatic hydroxyl groups excluding tert-OH is 1. The predicted molar refractivity (Wildman–Crippen MR) is 79.8 cm³/mol. The van der Waals surface area contributed by atoms with Crippen molar-refractivity contribution in [2.24, 2.45) is 0 Å². The van der Waals surface area contributed by atoms with E-state index in [0.29, 0.717) is 42.0 Å². The van der Waals surface area contributed by atoms with E-state index in [9.17, 15) is 5.11 Å². The van der Waals surface area contributed by atoms with Crippen LogP contribution in [0.2, 0.25) is 10.0 Å². The van der Waals surface area contributed by atoms with Crippen LogP contribution >= 0.6 is 23.2 Å². The summed E-state index contributed by atoms with van der Waals surface area (Å²) in [5.74, 6) is 0.372. The molecule has 7 heteroatoms. The fourth-order valence-electron chi connectivity index (χ4n) is 2.10. The Morgan fingerprint density at radius 1 is 1.48 bits per heavy atom. The van der Waals surface area contributed by atoms with Gasteiger partial charge in [0.15, 0.2) is 11.9 Å². The van der Waals surface area contributed by atoms with Crippen molar-refractivity contribution >= 4 is 23.2 Å². The van der Waals surface area contributed by atoms with Crippen molar-refractivity contribution in [3.8, 4) is 11.8 Å². The molecule has 1 aromatic carbocycles. The molecule has 0 bridgehead atoms. The van der Waals surface area contributed by atoms with Crippen molar-refractivity contribution < 1.29 is 14.6 Å². The molecular weight excluding hydrogens is 315 g/mol. The molecule has 2 unspecified atom stereocenters. The van der Waals surface area contributed by atoms with Crippen molar-refractivity contribution in [2.75, 3.05) is 32.8 Å². The summed E-state index contributed by atoms with van der Waals surface area (Å²) in [5, 5.41) is 19.7. The summed E-state index contributed by atoms with van der Waals surface area (Å²) in [5.41, 5.74) is 0. The van der Waals surface area contributed by atoms with Gasteiger partial charge in [-0.1, -0.05) is 29.3 Å². The third-order valence-corrected chi connectivity index (χ3v) is 3.70. The Morgan fingerprint density at radius 3 is 2.86 bits per heavy atom. The van der Waals surface area contributed by atoms with Gasteiger partial charge in [0.05, 0.1) is 22.7 Å². The van der Waals surface area contributed by atoms with E-state index in [1.807, 2.05) is 4.90 Å². The van der Waals surface area contributed by atoms with Gasteiger partial charge in [-0.15, -0.1) is 0 Å². The number of nitrogens with zero attached hydrogens (tertiary/aromatic N) is 2. The molecule has 1 aliphatic rings. The lowest BCUT2D eigenvalue weighted by atomic mass is 10.2. The molecule has 0 spiro atoms. The smallest absolute Gasteiger partial charge is 0.156 e. The van der Waals surface area contributed by atoms with Crippen LogP contribution in [0.25, 0.3) is 0 Å². The van der Waals surface area contributed by atoms with Crippen LogP contribution in [0.4, 0.5) is 0 Å². The molecule has 0 saturated carbocycles. The first-order valence-electron chi connectivity index (χ1n) is 6.58. The first kappa shape index (κ1) is 16.3. The highest BCUT2D eigenvalue weighted by atomic mass is 35.5. The van der Waals surface area contributed by atoms with Gasteiger partial charge in [0.25, 0.3) is 0 Å². The quantitative estimate of drug-likeness (QED) is 0.893. The first-order chi connectivity index (χ1) is 10.1. The number of nitriles is 1. The Bertz CT molecular complexity index is 501. The minimum absolute atomic E-state index is 0.0814. The van der Waals surface area contributed by atoms with Crippen molar-refractivity contribution in [2.45, 2.75) is 12.2 Å². The van der Waals surface area contributed by atoms with Crippen LogP contribution in [0, 0.1) is 11.3 Å². The minimum atomic E-state index is -0.699. The van der Waals surface area contributed by atoms with Crippen molar-refractivity contribution in [1.29, 1.82) is 5.26 Å². The molecule has 1 fully saturated rings. The third-order valence-electron chi connectivity index (χ3n) is 3.10. The standard InChI is InChI=1S/C14H16Cl2N2O3/c15-12-2-1-3-13(16)14(12)21-9-10(19)7-18-4-5-20-11(6-17)8-18/h1-3,10-11,19H,4-5,7-9H2. The summed E-state index contributed by atoms with van der Waals surface area (Å²) < 4.78 is 10.7. The number of halogens is 2. The normalized spacial score (nSPS) is 20.8. The second-order valence-corrected chi connectivity index (χ2v) is 5.58. The molecule has 1 saturated heterocycles. The van der Waals surface area contributed by atoms with Gasteiger partial charge in [0.2, 0.25) is 0 Å². The topological polar surface area (TPSA) is 65.7 Å². The molecule has 0 radical (unpaired) electrons.